The fourth-order valence-corrected chi connectivity index (χ4v) is 4.55. The minimum Gasteiger partial charge on any atom is -0.486 e. The summed E-state index contributed by atoms with van der Waals surface area (Å²) in [6.45, 7) is 6.59. The smallest absolute Gasteiger partial charge is 0.243 e. The lowest BCUT2D eigenvalue weighted by molar-refractivity contribution is 0.302. The Morgan fingerprint density at radius 3 is 2.50 bits per heavy atom. The predicted molar refractivity (Wildman–Crippen MR) is 112 cm³/mol. The second-order valence-corrected chi connectivity index (χ2v) is 9.78. The van der Waals surface area contributed by atoms with Crippen LogP contribution in [0.5, 0.6) is 5.75 Å². The summed E-state index contributed by atoms with van der Waals surface area (Å²) in [4.78, 5) is 4.81. The van der Waals surface area contributed by atoms with Crippen LogP contribution >= 0.6 is 11.3 Å². The largest absolute Gasteiger partial charge is 0.486 e. The maximum Gasteiger partial charge on any atom is 0.243 e. The number of thiazole rings is 1. The first-order chi connectivity index (χ1) is 13.3. The molecular weight excluding hydrogens is 392 g/mol. The molecule has 0 saturated heterocycles. The van der Waals surface area contributed by atoms with E-state index < -0.39 is 10.0 Å². The van der Waals surface area contributed by atoms with Gasteiger partial charge in [-0.2, -0.15) is 4.31 Å². The summed E-state index contributed by atoms with van der Waals surface area (Å²) in [5.74, 6) is 0.843. The van der Waals surface area contributed by atoms with Gasteiger partial charge in [-0.1, -0.05) is 29.8 Å². The number of sulfonamides is 1. The molecule has 0 fully saturated rings. The molecule has 2 aromatic carbocycles. The van der Waals surface area contributed by atoms with Gasteiger partial charge in [0, 0.05) is 12.4 Å². The molecule has 7 heteroatoms. The van der Waals surface area contributed by atoms with E-state index in [1.165, 1.54) is 21.2 Å². The number of ether oxygens (including phenoxy) is 1. The van der Waals surface area contributed by atoms with E-state index in [1.807, 2.05) is 44.4 Å². The standard InChI is InChI=1S/C21H24N2O3S2/c1-15-8-10-19(11-9-15)28(24,25)23(4)12-18-14-27-21(22-18)13-26-20-7-5-6-16(2)17(20)3/h5-11,14H,12-13H2,1-4H3. The third-order valence-corrected chi connectivity index (χ3v) is 7.31. The van der Waals surface area contributed by atoms with Gasteiger partial charge in [-0.15, -0.1) is 11.3 Å². The van der Waals surface area contributed by atoms with Crippen LogP contribution in [0.2, 0.25) is 0 Å². The van der Waals surface area contributed by atoms with Crippen molar-refractivity contribution in [2.24, 2.45) is 0 Å². The Balaban J connectivity index is 1.65. The topological polar surface area (TPSA) is 59.5 Å². The molecule has 3 rings (SSSR count). The number of aromatic nitrogens is 1. The molecule has 0 aliphatic heterocycles. The minimum atomic E-state index is -3.54. The van der Waals surface area contributed by atoms with E-state index in [2.05, 4.69) is 4.98 Å². The molecule has 1 aromatic heterocycles. The number of hydrogen-bond acceptors (Lipinski definition) is 5. The molecule has 0 amide bonds. The zero-order valence-corrected chi connectivity index (χ0v) is 18.1. The highest BCUT2D eigenvalue weighted by atomic mass is 32.2. The molecule has 28 heavy (non-hydrogen) atoms. The molecule has 0 unspecified atom stereocenters. The molecule has 0 spiro atoms. The molecule has 0 atom stereocenters. The molecule has 0 aliphatic rings. The number of nitrogens with zero attached hydrogens (tertiary/aromatic N) is 2. The Morgan fingerprint density at radius 2 is 1.79 bits per heavy atom. The third-order valence-electron chi connectivity index (χ3n) is 4.62. The summed E-state index contributed by atoms with van der Waals surface area (Å²) in [5.41, 5.74) is 4.03. The Kier molecular flexibility index (Phi) is 6.17. The van der Waals surface area contributed by atoms with Crippen LogP contribution in [0.1, 0.15) is 27.4 Å². The van der Waals surface area contributed by atoms with E-state index >= 15 is 0 Å². The monoisotopic (exact) mass is 416 g/mol. The summed E-state index contributed by atoms with van der Waals surface area (Å²) in [6.07, 6.45) is 0. The van der Waals surface area contributed by atoms with E-state index in [9.17, 15) is 8.42 Å². The average molecular weight is 417 g/mol. The average Bonchev–Trinajstić information content (AvgIpc) is 3.10. The summed E-state index contributed by atoms with van der Waals surface area (Å²) in [5, 5.41) is 2.69. The first kappa shape index (κ1) is 20.5. The molecule has 0 N–H and O–H groups in total. The van der Waals surface area contributed by atoms with Gasteiger partial charge < -0.3 is 4.74 Å². The van der Waals surface area contributed by atoms with Gasteiger partial charge in [0.2, 0.25) is 10.0 Å². The summed E-state index contributed by atoms with van der Waals surface area (Å²) in [6, 6.07) is 12.8. The normalized spacial score (nSPS) is 11.8. The van der Waals surface area contributed by atoms with Crippen LogP contribution in [0.25, 0.3) is 0 Å². The highest BCUT2D eigenvalue weighted by Gasteiger charge is 2.21. The lowest BCUT2D eigenvalue weighted by atomic mass is 10.1. The lowest BCUT2D eigenvalue weighted by Crippen LogP contribution is -2.26. The predicted octanol–water partition coefficient (Wildman–Crippen LogP) is 4.47. The number of rotatable bonds is 7. The van der Waals surface area contributed by atoms with Crippen molar-refractivity contribution in [3.8, 4) is 5.75 Å². The van der Waals surface area contributed by atoms with Crippen molar-refractivity contribution in [3.05, 3.63) is 75.2 Å². The van der Waals surface area contributed by atoms with Gasteiger partial charge in [-0.05, 0) is 50.1 Å². The second-order valence-electron chi connectivity index (χ2n) is 6.79. The Hall–Kier alpha value is -2.22. The SMILES string of the molecule is Cc1ccc(S(=O)(=O)N(C)Cc2csc(COc3cccc(C)c3C)n2)cc1. The van der Waals surface area contributed by atoms with Crippen molar-refractivity contribution in [2.75, 3.05) is 7.05 Å². The van der Waals surface area contributed by atoms with Crippen molar-refractivity contribution >= 4 is 21.4 Å². The van der Waals surface area contributed by atoms with Gasteiger partial charge in [0.15, 0.2) is 0 Å². The van der Waals surface area contributed by atoms with Gasteiger partial charge in [0.25, 0.3) is 0 Å². The van der Waals surface area contributed by atoms with Crippen LogP contribution in [0.15, 0.2) is 52.7 Å². The van der Waals surface area contributed by atoms with Gasteiger partial charge in [0.1, 0.15) is 17.4 Å². The Morgan fingerprint density at radius 1 is 1.07 bits per heavy atom. The molecule has 5 nitrogen and oxygen atoms in total. The van der Waals surface area contributed by atoms with Crippen molar-refractivity contribution in [3.63, 3.8) is 0 Å². The first-order valence-electron chi connectivity index (χ1n) is 8.92. The number of aryl methyl sites for hydroxylation is 2. The molecule has 3 aromatic rings. The summed E-state index contributed by atoms with van der Waals surface area (Å²) < 4.78 is 32.6. The number of benzene rings is 2. The van der Waals surface area contributed by atoms with Crippen molar-refractivity contribution < 1.29 is 13.2 Å². The lowest BCUT2D eigenvalue weighted by Gasteiger charge is -2.16. The van der Waals surface area contributed by atoms with Gasteiger partial charge >= 0.3 is 0 Å². The molecule has 0 saturated carbocycles. The quantitative estimate of drug-likeness (QED) is 0.570. The van der Waals surface area contributed by atoms with Crippen LogP contribution in [-0.2, 0) is 23.2 Å². The minimum absolute atomic E-state index is 0.218. The summed E-state index contributed by atoms with van der Waals surface area (Å²) in [7, 11) is -1.97. The van der Waals surface area contributed by atoms with Crippen LogP contribution in [-0.4, -0.2) is 24.8 Å². The van der Waals surface area contributed by atoms with E-state index in [-0.39, 0.29) is 11.4 Å². The van der Waals surface area contributed by atoms with Crippen LogP contribution in [0.4, 0.5) is 0 Å². The molecule has 148 valence electrons. The van der Waals surface area contributed by atoms with E-state index in [0.717, 1.165) is 21.9 Å². The fourth-order valence-electron chi connectivity index (χ4n) is 2.71. The fraction of sp³-hybridized carbons (Fsp3) is 0.286. The highest BCUT2D eigenvalue weighted by molar-refractivity contribution is 7.89. The maximum absolute atomic E-state index is 12.7. The van der Waals surface area contributed by atoms with Gasteiger partial charge in [0.05, 0.1) is 17.1 Å². The Bertz CT molecular complexity index is 1060. The van der Waals surface area contributed by atoms with Crippen LogP contribution in [0, 0.1) is 20.8 Å². The zero-order valence-electron chi connectivity index (χ0n) is 16.5. The molecule has 0 aliphatic carbocycles. The van der Waals surface area contributed by atoms with Crippen molar-refractivity contribution in [2.45, 2.75) is 38.8 Å². The van der Waals surface area contributed by atoms with Crippen molar-refractivity contribution in [1.29, 1.82) is 0 Å². The summed E-state index contributed by atoms with van der Waals surface area (Å²) >= 11 is 1.47. The molecular formula is C21H24N2O3S2. The molecule has 0 radical (unpaired) electrons. The van der Waals surface area contributed by atoms with Crippen LogP contribution < -0.4 is 4.74 Å². The molecule has 0 bridgehead atoms. The third kappa shape index (κ3) is 4.60. The van der Waals surface area contributed by atoms with Crippen molar-refractivity contribution in [1.82, 2.24) is 9.29 Å². The van der Waals surface area contributed by atoms with E-state index in [0.29, 0.717) is 12.3 Å². The van der Waals surface area contributed by atoms with Gasteiger partial charge in [-0.3, -0.25) is 0 Å². The first-order valence-corrected chi connectivity index (χ1v) is 11.2. The molecule has 1 heterocycles. The highest BCUT2D eigenvalue weighted by Crippen LogP contribution is 2.23. The van der Waals surface area contributed by atoms with E-state index in [4.69, 9.17) is 4.74 Å². The maximum atomic E-state index is 12.7. The second kappa shape index (κ2) is 8.43. The zero-order chi connectivity index (χ0) is 20.3. The Labute approximate surface area is 170 Å². The number of hydrogen-bond donors (Lipinski definition) is 0. The van der Waals surface area contributed by atoms with Gasteiger partial charge in [-0.25, -0.2) is 13.4 Å². The van der Waals surface area contributed by atoms with Crippen LogP contribution in [0.3, 0.4) is 0 Å². The van der Waals surface area contributed by atoms with E-state index in [1.54, 1.807) is 31.3 Å².